The summed E-state index contributed by atoms with van der Waals surface area (Å²) in [5, 5.41) is 4.09. The lowest BCUT2D eigenvalue weighted by molar-refractivity contribution is -0.137. The number of hydrazine groups is 1. The number of halogens is 3. The van der Waals surface area contributed by atoms with E-state index in [2.05, 4.69) is 10.7 Å². The van der Waals surface area contributed by atoms with E-state index in [4.69, 9.17) is 0 Å². The van der Waals surface area contributed by atoms with Crippen molar-refractivity contribution in [3.05, 3.63) is 60.2 Å². The van der Waals surface area contributed by atoms with Crippen LogP contribution in [-0.4, -0.2) is 42.4 Å². The van der Waals surface area contributed by atoms with Gasteiger partial charge >= 0.3 is 6.18 Å². The van der Waals surface area contributed by atoms with Crippen LogP contribution < -0.4 is 15.8 Å². The van der Waals surface area contributed by atoms with Gasteiger partial charge in [-0.3, -0.25) is 9.59 Å². The number of hydrogen-bond acceptors (Lipinski definition) is 4. The van der Waals surface area contributed by atoms with Crippen LogP contribution in [0, 0.1) is 11.8 Å². The van der Waals surface area contributed by atoms with Gasteiger partial charge in [-0.15, -0.1) is 0 Å². The second-order valence-electron chi connectivity index (χ2n) is 7.80. The Balaban J connectivity index is 1.57. The first-order valence-electron chi connectivity index (χ1n) is 10.1. The van der Waals surface area contributed by atoms with Gasteiger partial charge in [-0.25, -0.2) is 10.4 Å². The topological polar surface area (TPSA) is 64.7 Å². The number of piperidine rings is 1. The van der Waals surface area contributed by atoms with E-state index in [0.29, 0.717) is 25.3 Å². The van der Waals surface area contributed by atoms with Crippen LogP contribution in [0.25, 0.3) is 0 Å². The van der Waals surface area contributed by atoms with Gasteiger partial charge in [-0.1, -0.05) is 31.2 Å². The smallest absolute Gasteiger partial charge is 0.326 e. The lowest BCUT2D eigenvalue weighted by Gasteiger charge is -2.37. The maximum absolute atomic E-state index is 13.1. The number of rotatable bonds is 4. The van der Waals surface area contributed by atoms with Gasteiger partial charge in [0.25, 0.3) is 0 Å². The monoisotopic (exact) mass is 432 g/mol. The summed E-state index contributed by atoms with van der Waals surface area (Å²) in [7, 11) is 0. The Morgan fingerprint density at radius 3 is 2.55 bits per heavy atom. The maximum Gasteiger partial charge on any atom is 0.416 e. The van der Waals surface area contributed by atoms with Crippen LogP contribution in [0.2, 0.25) is 0 Å². The molecule has 2 N–H and O–H groups in total. The number of alkyl halides is 3. The van der Waals surface area contributed by atoms with Crippen molar-refractivity contribution in [1.82, 2.24) is 10.3 Å². The molecule has 2 aromatic carbocycles. The van der Waals surface area contributed by atoms with Crippen LogP contribution in [-0.2, 0) is 15.8 Å². The number of nitrogens with zero attached hydrogens (tertiary/aromatic N) is 2. The van der Waals surface area contributed by atoms with Gasteiger partial charge < -0.3 is 10.2 Å². The molecule has 2 aliphatic heterocycles. The Kier molecular flexibility index (Phi) is 5.72. The molecule has 0 radical (unpaired) electrons. The van der Waals surface area contributed by atoms with Crippen molar-refractivity contribution in [2.45, 2.75) is 19.1 Å². The van der Waals surface area contributed by atoms with Crippen molar-refractivity contribution < 1.29 is 22.8 Å². The molecule has 2 saturated heterocycles. The molecule has 31 heavy (non-hydrogen) atoms. The fourth-order valence-electron chi connectivity index (χ4n) is 4.22. The molecule has 0 saturated carbocycles. The van der Waals surface area contributed by atoms with Crippen molar-refractivity contribution in [3.63, 3.8) is 0 Å². The SMILES string of the molecule is CCN1CC(C(=O)Nc2cccc(C(F)(F)F)c2)C2NN(c3ccccc3)C(=O)C2C1. The number of benzene rings is 2. The van der Waals surface area contributed by atoms with Gasteiger partial charge in [0.1, 0.15) is 0 Å². The van der Waals surface area contributed by atoms with Gasteiger partial charge in [0.05, 0.1) is 29.1 Å². The van der Waals surface area contributed by atoms with Gasteiger partial charge in [0.2, 0.25) is 11.8 Å². The van der Waals surface area contributed by atoms with E-state index in [9.17, 15) is 22.8 Å². The number of likely N-dealkylation sites (tertiary alicyclic amines) is 1. The van der Waals surface area contributed by atoms with E-state index in [-0.39, 0.29) is 11.6 Å². The number of anilines is 2. The molecule has 3 unspecified atom stereocenters. The van der Waals surface area contributed by atoms with Crippen LogP contribution >= 0.6 is 0 Å². The molecular formula is C22H23F3N4O2. The molecule has 0 aromatic heterocycles. The van der Waals surface area contributed by atoms with Gasteiger partial charge in [-0.05, 0) is 36.9 Å². The van der Waals surface area contributed by atoms with E-state index in [1.165, 1.54) is 17.1 Å². The minimum absolute atomic E-state index is 0.0780. The Morgan fingerprint density at radius 2 is 1.87 bits per heavy atom. The van der Waals surface area contributed by atoms with E-state index in [1.54, 1.807) is 12.1 Å². The first-order valence-corrected chi connectivity index (χ1v) is 10.1. The van der Waals surface area contributed by atoms with Crippen molar-refractivity contribution in [3.8, 4) is 0 Å². The molecule has 2 amide bonds. The molecule has 2 heterocycles. The maximum atomic E-state index is 13.1. The van der Waals surface area contributed by atoms with Crippen LogP contribution in [0.5, 0.6) is 0 Å². The summed E-state index contributed by atoms with van der Waals surface area (Å²) in [5.41, 5.74) is 3.11. The summed E-state index contributed by atoms with van der Waals surface area (Å²) in [5.74, 6) is -1.56. The van der Waals surface area contributed by atoms with Gasteiger partial charge in [0.15, 0.2) is 0 Å². The van der Waals surface area contributed by atoms with E-state index in [1.807, 2.05) is 30.0 Å². The average molecular weight is 432 g/mol. The van der Waals surface area contributed by atoms with Crippen molar-refractivity contribution >= 4 is 23.2 Å². The number of para-hydroxylation sites is 1. The average Bonchev–Trinajstić information content (AvgIpc) is 3.09. The van der Waals surface area contributed by atoms with Crippen LogP contribution in [0.15, 0.2) is 54.6 Å². The molecule has 0 bridgehead atoms. The highest BCUT2D eigenvalue weighted by molar-refractivity contribution is 6.00. The molecule has 3 atom stereocenters. The predicted octanol–water partition coefficient (Wildman–Crippen LogP) is 3.13. The van der Waals surface area contributed by atoms with E-state index >= 15 is 0 Å². The summed E-state index contributed by atoms with van der Waals surface area (Å²) in [6, 6.07) is 13.2. The molecule has 4 rings (SSSR count). The highest BCUT2D eigenvalue weighted by Crippen LogP contribution is 2.33. The van der Waals surface area contributed by atoms with Crippen LogP contribution in [0.1, 0.15) is 12.5 Å². The van der Waals surface area contributed by atoms with Crippen molar-refractivity contribution in [1.29, 1.82) is 0 Å². The Bertz CT molecular complexity index is 967. The van der Waals surface area contributed by atoms with Crippen molar-refractivity contribution in [2.75, 3.05) is 30.0 Å². The number of amides is 2. The number of fused-ring (bicyclic) bond motifs is 1. The fourth-order valence-corrected chi connectivity index (χ4v) is 4.22. The van der Waals surface area contributed by atoms with E-state index < -0.39 is 35.5 Å². The first-order chi connectivity index (χ1) is 14.8. The Hall–Kier alpha value is -2.91. The zero-order chi connectivity index (χ0) is 22.2. The normalized spacial score (nSPS) is 24.2. The summed E-state index contributed by atoms with van der Waals surface area (Å²) in [4.78, 5) is 28.2. The zero-order valence-corrected chi connectivity index (χ0v) is 16.9. The third kappa shape index (κ3) is 4.28. The third-order valence-corrected chi connectivity index (χ3v) is 5.85. The lowest BCUT2D eigenvalue weighted by Crippen LogP contribution is -2.55. The minimum atomic E-state index is -4.49. The molecule has 2 aromatic rings. The third-order valence-electron chi connectivity index (χ3n) is 5.85. The second kappa shape index (κ2) is 8.32. The molecule has 164 valence electrons. The highest BCUT2D eigenvalue weighted by Gasteiger charge is 2.50. The van der Waals surface area contributed by atoms with Crippen LogP contribution in [0.3, 0.4) is 0 Å². The number of hydrogen-bond donors (Lipinski definition) is 2. The first kappa shape index (κ1) is 21.3. The fraction of sp³-hybridized carbons (Fsp3) is 0.364. The molecular weight excluding hydrogens is 409 g/mol. The van der Waals surface area contributed by atoms with Crippen molar-refractivity contribution in [2.24, 2.45) is 11.8 Å². The summed E-state index contributed by atoms with van der Waals surface area (Å²) < 4.78 is 39.0. The molecule has 0 spiro atoms. The standard InChI is InChI=1S/C22H23F3N4O2/c1-2-28-12-17(20(30)26-15-8-6-7-14(11-15)22(23,24)25)19-18(13-28)21(31)29(27-19)16-9-4-3-5-10-16/h3-11,17-19,27H,2,12-13H2,1H3,(H,26,30). The van der Waals surface area contributed by atoms with Gasteiger partial charge in [-0.2, -0.15) is 13.2 Å². The van der Waals surface area contributed by atoms with E-state index in [0.717, 1.165) is 12.1 Å². The Morgan fingerprint density at radius 1 is 1.13 bits per heavy atom. The summed E-state index contributed by atoms with van der Waals surface area (Å²) in [6.07, 6.45) is -4.49. The zero-order valence-electron chi connectivity index (χ0n) is 16.9. The predicted molar refractivity (Wildman–Crippen MR) is 110 cm³/mol. The Labute approximate surface area is 178 Å². The number of carbonyl (C=O) groups excluding carboxylic acids is 2. The summed E-state index contributed by atoms with van der Waals surface area (Å²) in [6.45, 7) is 3.54. The quantitative estimate of drug-likeness (QED) is 0.779. The highest BCUT2D eigenvalue weighted by atomic mass is 19.4. The number of carbonyl (C=O) groups is 2. The lowest BCUT2D eigenvalue weighted by atomic mass is 9.84. The molecule has 0 aliphatic carbocycles. The summed E-state index contributed by atoms with van der Waals surface area (Å²) >= 11 is 0. The molecule has 6 nitrogen and oxygen atoms in total. The van der Waals surface area contributed by atoms with Gasteiger partial charge in [0, 0.05) is 18.8 Å². The second-order valence-corrected chi connectivity index (χ2v) is 7.80. The van der Waals surface area contributed by atoms with Crippen LogP contribution in [0.4, 0.5) is 24.5 Å². The minimum Gasteiger partial charge on any atom is -0.326 e. The molecule has 9 heteroatoms. The largest absolute Gasteiger partial charge is 0.416 e. The molecule has 2 fully saturated rings. The molecule has 2 aliphatic rings. The number of nitrogens with one attached hydrogen (secondary N) is 2.